The Labute approximate surface area is 107 Å². The predicted molar refractivity (Wildman–Crippen MR) is 68.9 cm³/mol. The third kappa shape index (κ3) is 4.42. The minimum absolute atomic E-state index is 0.146. The number of ether oxygens (including phenoxy) is 1. The lowest BCUT2D eigenvalue weighted by atomic mass is 9.94. The first-order chi connectivity index (χ1) is 7.79. The Hall–Kier alpha value is -0.0900. The van der Waals surface area contributed by atoms with E-state index in [1.807, 2.05) is 11.8 Å². The Morgan fingerprint density at radius 3 is 2.62 bits per heavy atom. The molecule has 0 N–H and O–H groups in total. The van der Waals surface area contributed by atoms with Gasteiger partial charge < -0.3 is 9.64 Å². The largest absolute Gasteiger partial charge is 0.372 e. The Kier molecular flexibility index (Phi) is 7.05. The average Bonchev–Trinajstić information content (AvgIpc) is 2.34. The van der Waals surface area contributed by atoms with E-state index in [1.54, 1.807) is 0 Å². The Balaban J connectivity index is 2.47. The number of hydrogen-bond acceptors (Lipinski definition) is 2. The van der Waals surface area contributed by atoms with Crippen LogP contribution in [0.5, 0.6) is 0 Å². The fourth-order valence-electron chi connectivity index (χ4n) is 2.27. The first kappa shape index (κ1) is 14.0. The Morgan fingerprint density at radius 2 is 2.06 bits per heavy atom. The molecule has 1 aliphatic rings. The molecule has 0 unspecified atom stereocenters. The van der Waals surface area contributed by atoms with Crippen LogP contribution in [-0.2, 0) is 9.53 Å². The molecule has 16 heavy (non-hydrogen) atoms. The molecule has 4 heteroatoms. The molecule has 0 aromatic heterocycles. The Morgan fingerprint density at radius 1 is 1.38 bits per heavy atom. The van der Waals surface area contributed by atoms with Gasteiger partial charge in [-0.05, 0) is 19.8 Å². The van der Waals surface area contributed by atoms with Gasteiger partial charge in [-0.3, -0.25) is 4.79 Å². The van der Waals surface area contributed by atoms with Crippen molar-refractivity contribution in [3.05, 3.63) is 0 Å². The number of hydrogen-bond donors (Lipinski definition) is 0. The maximum atomic E-state index is 12.0. The van der Waals surface area contributed by atoms with E-state index in [1.165, 1.54) is 19.3 Å². The van der Waals surface area contributed by atoms with E-state index < -0.39 is 0 Å². The molecule has 1 saturated carbocycles. The number of carbonyl (C=O) groups is 1. The summed E-state index contributed by atoms with van der Waals surface area (Å²) in [6, 6.07) is 0.444. The molecule has 1 aliphatic carbocycles. The number of alkyl halides is 1. The van der Waals surface area contributed by atoms with Crippen LogP contribution < -0.4 is 0 Å². The van der Waals surface area contributed by atoms with E-state index in [-0.39, 0.29) is 12.5 Å². The zero-order chi connectivity index (χ0) is 11.8. The first-order valence-corrected chi connectivity index (χ1v) is 7.35. The lowest BCUT2D eigenvalue weighted by Gasteiger charge is -2.34. The third-order valence-corrected chi connectivity index (χ3v) is 3.45. The highest BCUT2D eigenvalue weighted by molar-refractivity contribution is 9.09. The van der Waals surface area contributed by atoms with Crippen molar-refractivity contribution in [2.45, 2.75) is 45.1 Å². The monoisotopic (exact) mass is 291 g/mol. The van der Waals surface area contributed by atoms with Crippen LogP contribution in [0.15, 0.2) is 0 Å². The van der Waals surface area contributed by atoms with Gasteiger partial charge >= 0.3 is 0 Å². The highest BCUT2D eigenvalue weighted by Crippen LogP contribution is 2.22. The van der Waals surface area contributed by atoms with Crippen LogP contribution in [0.1, 0.15) is 39.0 Å². The summed E-state index contributed by atoms with van der Waals surface area (Å²) in [6.45, 7) is 3.57. The van der Waals surface area contributed by atoms with Crippen LogP contribution in [0.3, 0.4) is 0 Å². The summed E-state index contributed by atoms with van der Waals surface area (Å²) in [5.41, 5.74) is 0. The molecule has 3 nitrogen and oxygen atoms in total. The van der Waals surface area contributed by atoms with Crippen molar-refractivity contribution in [2.24, 2.45) is 0 Å². The van der Waals surface area contributed by atoms with Crippen LogP contribution in [0.4, 0.5) is 0 Å². The van der Waals surface area contributed by atoms with E-state index in [2.05, 4.69) is 15.9 Å². The van der Waals surface area contributed by atoms with E-state index in [0.717, 1.165) is 24.7 Å². The number of halogens is 1. The van der Waals surface area contributed by atoms with E-state index in [4.69, 9.17) is 4.74 Å². The van der Waals surface area contributed by atoms with Gasteiger partial charge in [0.15, 0.2) is 0 Å². The van der Waals surface area contributed by atoms with Crippen LogP contribution in [0, 0.1) is 0 Å². The third-order valence-electron chi connectivity index (χ3n) is 3.09. The molecular weight excluding hydrogens is 270 g/mol. The zero-order valence-corrected chi connectivity index (χ0v) is 11.7. The maximum absolute atomic E-state index is 12.0. The van der Waals surface area contributed by atoms with Crippen LogP contribution >= 0.6 is 15.9 Å². The highest BCUT2D eigenvalue weighted by atomic mass is 79.9. The molecule has 1 amide bonds. The van der Waals surface area contributed by atoms with Gasteiger partial charge in [0.1, 0.15) is 6.61 Å². The summed E-state index contributed by atoms with van der Waals surface area (Å²) in [6.07, 6.45) is 6.14. The quantitative estimate of drug-likeness (QED) is 0.704. The number of carbonyl (C=O) groups excluding carboxylic acids is 1. The maximum Gasteiger partial charge on any atom is 0.248 e. The summed E-state index contributed by atoms with van der Waals surface area (Å²) >= 11 is 3.42. The fourth-order valence-corrected chi connectivity index (χ4v) is 2.65. The van der Waals surface area contributed by atoms with E-state index >= 15 is 0 Å². The van der Waals surface area contributed by atoms with Gasteiger partial charge in [-0.1, -0.05) is 35.2 Å². The second-order valence-corrected chi connectivity index (χ2v) is 5.00. The van der Waals surface area contributed by atoms with Crippen molar-refractivity contribution < 1.29 is 9.53 Å². The topological polar surface area (TPSA) is 29.5 Å². The van der Waals surface area contributed by atoms with Gasteiger partial charge in [0.2, 0.25) is 5.91 Å². The van der Waals surface area contributed by atoms with Crippen LogP contribution in [-0.4, -0.2) is 41.9 Å². The summed E-state index contributed by atoms with van der Waals surface area (Å²) in [5.74, 6) is 0.146. The standard InChI is InChI=1S/C12H22BrNO2/c1-2-16-10-12(15)14(9-8-13)11-6-4-3-5-7-11/h11H,2-10H2,1H3. The summed E-state index contributed by atoms with van der Waals surface area (Å²) in [4.78, 5) is 14.0. The molecule has 0 spiro atoms. The molecule has 1 fully saturated rings. The van der Waals surface area contributed by atoms with Crippen molar-refractivity contribution in [1.29, 1.82) is 0 Å². The molecule has 0 atom stereocenters. The van der Waals surface area contributed by atoms with E-state index in [9.17, 15) is 4.79 Å². The SMILES string of the molecule is CCOCC(=O)N(CCBr)C1CCCCC1. The van der Waals surface area contributed by atoms with Gasteiger partial charge in [0.05, 0.1) is 0 Å². The van der Waals surface area contributed by atoms with Crippen LogP contribution in [0.25, 0.3) is 0 Å². The first-order valence-electron chi connectivity index (χ1n) is 6.22. The highest BCUT2D eigenvalue weighted by Gasteiger charge is 2.24. The molecule has 0 aromatic rings. The summed E-state index contributed by atoms with van der Waals surface area (Å²) in [7, 11) is 0. The van der Waals surface area contributed by atoms with Crippen molar-refractivity contribution in [3.63, 3.8) is 0 Å². The van der Waals surface area contributed by atoms with E-state index in [0.29, 0.717) is 12.6 Å². The smallest absolute Gasteiger partial charge is 0.248 e. The van der Waals surface area contributed by atoms with Crippen molar-refractivity contribution in [2.75, 3.05) is 25.1 Å². The van der Waals surface area contributed by atoms with Gasteiger partial charge in [-0.2, -0.15) is 0 Å². The molecule has 0 bridgehead atoms. The van der Waals surface area contributed by atoms with Gasteiger partial charge in [0.25, 0.3) is 0 Å². The summed E-state index contributed by atoms with van der Waals surface area (Å²) < 4.78 is 5.21. The van der Waals surface area contributed by atoms with Crippen molar-refractivity contribution in [3.8, 4) is 0 Å². The molecule has 1 rings (SSSR count). The lowest BCUT2D eigenvalue weighted by molar-refractivity contribution is -0.138. The normalized spacial score (nSPS) is 17.4. The summed E-state index contributed by atoms with van der Waals surface area (Å²) in [5, 5.41) is 0.849. The number of nitrogens with zero attached hydrogens (tertiary/aromatic N) is 1. The molecule has 0 aromatic carbocycles. The van der Waals surface area contributed by atoms with Crippen molar-refractivity contribution >= 4 is 21.8 Å². The molecule has 94 valence electrons. The van der Waals surface area contributed by atoms with Gasteiger partial charge in [-0.25, -0.2) is 0 Å². The second kappa shape index (κ2) is 8.07. The lowest BCUT2D eigenvalue weighted by Crippen LogP contribution is -2.44. The fraction of sp³-hybridized carbons (Fsp3) is 0.917. The van der Waals surface area contributed by atoms with Crippen LogP contribution in [0.2, 0.25) is 0 Å². The Bertz CT molecular complexity index is 205. The van der Waals surface area contributed by atoms with Gasteiger partial charge in [-0.15, -0.1) is 0 Å². The number of amides is 1. The molecule has 0 aliphatic heterocycles. The number of rotatable bonds is 6. The minimum Gasteiger partial charge on any atom is -0.372 e. The zero-order valence-electron chi connectivity index (χ0n) is 10.1. The molecule has 0 heterocycles. The molecule has 0 saturated heterocycles. The second-order valence-electron chi connectivity index (χ2n) is 4.21. The predicted octanol–water partition coefficient (Wildman–Crippen LogP) is 2.58. The average molecular weight is 292 g/mol. The molecular formula is C12H22BrNO2. The minimum atomic E-state index is 0.146. The molecule has 0 radical (unpaired) electrons. The van der Waals surface area contributed by atoms with Crippen molar-refractivity contribution in [1.82, 2.24) is 4.90 Å². The van der Waals surface area contributed by atoms with Gasteiger partial charge in [0, 0.05) is 24.5 Å².